The van der Waals surface area contributed by atoms with Crippen LogP contribution < -0.4 is 4.18 Å². The maximum absolute atomic E-state index is 13.5. The predicted octanol–water partition coefficient (Wildman–Crippen LogP) is 5.78. The van der Waals surface area contributed by atoms with Gasteiger partial charge in [-0.05, 0) is 105 Å². The molecule has 0 saturated heterocycles. The van der Waals surface area contributed by atoms with E-state index in [1.165, 1.54) is 24.3 Å². The molecular formula is C19H10Br4NaO5S. The van der Waals surface area contributed by atoms with Gasteiger partial charge < -0.3 is 14.4 Å². The van der Waals surface area contributed by atoms with Crippen molar-refractivity contribution < 1.29 is 22.8 Å². The van der Waals surface area contributed by atoms with E-state index >= 15 is 0 Å². The summed E-state index contributed by atoms with van der Waals surface area (Å²) in [5.74, 6) is 0.108. The molecule has 0 bridgehead atoms. The van der Waals surface area contributed by atoms with Gasteiger partial charge in [0.1, 0.15) is 17.2 Å². The fourth-order valence-corrected chi connectivity index (χ4v) is 7.58. The summed E-state index contributed by atoms with van der Waals surface area (Å²) >= 11 is 13.1. The number of hydrogen-bond donors (Lipinski definition) is 2. The number of hydrogen-bond acceptors (Lipinski definition) is 5. The number of fused-ring (bicyclic) bond motifs is 1. The zero-order chi connectivity index (χ0) is 21.1. The Morgan fingerprint density at radius 3 is 1.60 bits per heavy atom. The molecule has 1 aliphatic heterocycles. The standard InChI is InChI=1S/C19H10Br4O5S.Na/c20-12-5-9(6-13(21)17(12)24)19(10-7-14(22)18(25)15(23)8-10)11-3-1-2-4-16(11)28-29(19,26)27;/h1-8,24-25H;. The third kappa shape index (κ3) is 3.61. The predicted molar refractivity (Wildman–Crippen MR) is 129 cm³/mol. The van der Waals surface area contributed by atoms with Gasteiger partial charge in [0.05, 0.1) is 17.9 Å². The second-order valence-electron chi connectivity index (χ2n) is 6.29. The zero-order valence-corrected chi connectivity index (χ0v) is 24.3. The van der Waals surface area contributed by atoms with E-state index in [1.54, 1.807) is 24.3 Å². The molecule has 1 heterocycles. The first-order chi connectivity index (χ1) is 13.6. The zero-order valence-electron chi connectivity index (χ0n) is 15.2. The molecule has 0 spiro atoms. The summed E-state index contributed by atoms with van der Waals surface area (Å²) in [4.78, 5) is 0. The molecular weight excluding hydrogens is 683 g/mol. The van der Waals surface area contributed by atoms with Crippen molar-refractivity contribution in [2.75, 3.05) is 0 Å². The van der Waals surface area contributed by atoms with E-state index in [9.17, 15) is 18.6 Å². The summed E-state index contributed by atoms with van der Waals surface area (Å²) in [7, 11) is -4.25. The number of halogens is 4. The Bertz CT molecular complexity index is 1180. The van der Waals surface area contributed by atoms with Gasteiger partial charge in [-0.1, -0.05) is 18.2 Å². The molecule has 3 aromatic carbocycles. The maximum Gasteiger partial charge on any atom is 0.328 e. The summed E-state index contributed by atoms with van der Waals surface area (Å²) < 4.78 is 32.1. The van der Waals surface area contributed by atoms with Crippen LogP contribution >= 0.6 is 63.7 Å². The summed E-state index contributed by atoms with van der Waals surface area (Å²) in [6.45, 7) is 0. The minimum Gasteiger partial charge on any atom is -0.506 e. The number of benzene rings is 3. The van der Waals surface area contributed by atoms with Crippen LogP contribution in [0.3, 0.4) is 0 Å². The molecule has 0 fully saturated rings. The van der Waals surface area contributed by atoms with Crippen molar-refractivity contribution in [3.05, 3.63) is 83.1 Å². The van der Waals surface area contributed by atoms with Crippen molar-refractivity contribution in [1.82, 2.24) is 0 Å². The van der Waals surface area contributed by atoms with Crippen molar-refractivity contribution in [2.45, 2.75) is 4.75 Å². The van der Waals surface area contributed by atoms with Crippen molar-refractivity contribution in [3.63, 3.8) is 0 Å². The van der Waals surface area contributed by atoms with Crippen LogP contribution in [0.5, 0.6) is 17.2 Å². The molecule has 2 N–H and O–H groups in total. The van der Waals surface area contributed by atoms with Gasteiger partial charge >= 0.3 is 10.1 Å². The van der Waals surface area contributed by atoms with E-state index in [2.05, 4.69) is 63.7 Å². The minimum atomic E-state index is -4.25. The Balaban J connectivity index is 0.00000256. The molecule has 5 nitrogen and oxygen atoms in total. The van der Waals surface area contributed by atoms with Gasteiger partial charge in [-0.3, -0.25) is 0 Å². The Morgan fingerprint density at radius 1 is 0.767 bits per heavy atom. The van der Waals surface area contributed by atoms with E-state index < -0.39 is 14.9 Å². The summed E-state index contributed by atoms with van der Waals surface area (Å²) in [6.07, 6.45) is 0. The third-order valence-electron chi connectivity index (χ3n) is 4.69. The van der Waals surface area contributed by atoms with E-state index in [1.807, 2.05) is 0 Å². The van der Waals surface area contributed by atoms with Crippen molar-refractivity contribution >= 4 is 103 Å². The van der Waals surface area contributed by atoms with Gasteiger partial charge in [0, 0.05) is 35.1 Å². The number of para-hydroxylation sites is 1. The average molecular weight is 693 g/mol. The summed E-state index contributed by atoms with van der Waals surface area (Å²) in [5.41, 5.74) is 1.13. The first-order valence-electron chi connectivity index (χ1n) is 8.00. The smallest absolute Gasteiger partial charge is 0.328 e. The first-order valence-corrected chi connectivity index (χ1v) is 12.6. The molecule has 0 unspecified atom stereocenters. The van der Waals surface area contributed by atoms with Crippen molar-refractivity contribution in [2.24, 2.45) is 0 Å². The van der Waals surface area contributed by atoms with E-state index in [0.29, 0.717) is 34.6 Å². The maximum atomic E-state index is 13.5. The van der Waals surface area contributed by atoms with E-state index in [4.69, 9.17) is 4.18 Å². The monoisotopic (exact) mass is 689 g/mol. The van der Waals surface area contributed by atoms with Crippen LogP contribution in [-0.4, -0.2) is 48.2 Å². The first kappa shape index (κ1) is 24.6. The number of phenolic OH excluding ortho intramolecular Hbond substituents is 2. The molecule has 1 radical (unpaired) electrons. The molecule has 4 rings (SSSR count). The molecule has 0 aromatic heterocycles. The van der Waals surface area contributed by atoms with Gasteiger partial charge in [0.15, 0.2) is 4.75 Å². The topological polar surface area (TPSA) is 83.8 Å². The molecule has 3 aromatic rings. The van der Waals surface area contributed by atoms with Gasteiger partial charge in [-0.25, -0.2) is 0 Å². The van der Waals surface area contributed by atoms with Gasteiger partial charge in [-0.2, -0.15) is 8.42 Å². The molecule has 0 atom stereocenters. The van der Waals surface area contributed by atoms with Crippen LogP contribution in [-0.2, 0) is 14.9 Å². The number of aromatic hydroxyl groups is 2. The molecule has 30 heavy (non-hydrogen) atoms. The molecule has 1 aliphatic rings. The molecule has 11 heteroatoms. The number of phenols is 2. The summed E-state index contributed by atoms with van der Waals surface area (Å²) in [5, 5.41) is 20.3. The average Bonchev–Trinajstić information content (AvgIpc) is 2.90. The summed E-state index contributed by atoms with van der Waals surface area (Å²) in [6, 6.07) is 12.8. The molecule has 151 valence electrons. The fourth-order valence-electron chi connectivity index (χ4n) is 3.45. The van der Waals surface area contributed by atoms with Crippen LogP contribution in [0, 0.1) is 0 Å². The largest absolute Gasteiger partial charge is 0.506 e. The van der Waals surface area contributed by atoms with Gasteiger partial charge in [0.25, 0.3) is 0 Å². The van der Waals surface area contributed by atoms with E-state index in [0.717, 1.165) is 0 Å². The van der Waals surface area contributed by atoms with E-state index in [-0.39, 0.29) is 46.8 Å². The quantitative estimate of drug-likeness (QED) is 0.263. The second kappa shape index (κ2) is 8.70. The molecule has 0 amide bonds. The normalized spacial score (nSPS) is 15.7. The van der Waals surface area contributed by atoms with Crippen LogP contribution in [0.4, 0.5) is 0 Å². The van der Waals surface area contributed by atoms with Crippen LogP contribution in [0.25, 0.3) is 0 Å². The SMILES string of the molecule is O=S1(=O)Oc2ccccc2C1(c1cc(Br)c(O)c(Br)c1)c1cc(Br)c(O)c(Br)c1.[Na]. The van der Waals surface area contributed by atoms with Crippen LogP contribution in [0.1, 0.15) is 16.7 Å². The molecule has 0 aliphatic carbocycles. The molecule has 0 saturated carbocycles. The van der Waals surface area contributed by atoms with Crippen molar-refractivity contribution in [1.29, 1.82) is 0 Å². The van der Waals surface area contributed by atoms with Crippen LogP contribution in [0.15, 0.2) is 66.4 Å². The number of rotatable bonds is 2. The Hall–Kier alpha value is -0.0700. The second-order valence-corrected chi connectivity index (χ2v) is 11.4. The third-order valence-corrected chi connectivity index (χ3v) is 8.95. The minimum absolute atomic E-state index is 0. The Kier molecular flexibility index (Phi) is 7.13. The van der Waals surface area contributed by atoms with Crippen molar-refractivity contribution in [3.8, 4) is 17.2 Å². The fraction of sp³-hybridized carbons (Fsp3) is 0.0526. The van der Waals surface area contributed by atoms with Gasteiger partial charge in [-0.15, -0.1) is 0 Å². The van der Waals surface area contributed by atoms with Crippen LogP contribution in [0.2, 0.25) is 0 Å². The Morgan fingerprint density at radius 2 is 1.17 bits per heavy atom. The van der Waals surface area contributed by atoms with Gasteiger partial charge in [0.2, 0.25) is 0 Å². The Labute approximate surface area is 228 Å².